The quantitative estimate of drug-likeness (QED) is 0.0257. The maximum Gasteiger partial charge on any atom is 0.304 e. The molecule has 40 atom stereocenters. The molecule has 30 heterocycles. The highest BCUT2D eigenvalue weighted by Crippen LogP contribution is 2.43. The molecule has 23 N–H and O–H groups in total. The summed E-state index contributed by atoms with van der Waals surface area (Å²) >= 11 is 7.40. The summed E-state index contributed by atoms with van der Waals surface area (Å²) in [4.78, 5) is 82.3. The summed E-state index contributed by atoms with van der Waals surface area (Å²) in [6.07, 6.45) is -81.7. The van der Waals surface area contributed by atoms with E-state index < -0.39 is 332 Å². The molecule has 124 heavy (non-hydrogen) atoms. The Morgan fingerprint density at radius 2 is 0.298 bits per heavy atom. The van der Waals surface area contributed by atoms with Crippen LogP contribution >= 0.6 is 94.1 Å². The number of carboxylic acid groups (broad SMARTS) is 7. The number of hydrogen-bond donors (Lipinski definition) is 23. The molecule has 0 aromatic heterocycles. The number of thioether (sulfide) groups is 8. The van der Waals surface area contributed by atoms with Crippen LogP contribution < -0.4 is 0 Å². The highest BCUT2D eigenvalue weighted by Gasteiger charge is 2.61. The monoisotopic (exact) mass is 1940 g/mol. The van der Waals surface area contributed by atoms with Gasteiger partial charge in [0, 0.05) is 86.3 Å². The van der Waals surface area contributed by atoms with Crippen molar-refractivity contribution in [3.05, 3.63) is 0 Å². The van der Waals surface area contributed by atoms with E-state index in [0.717, 1.165) is 94.1 Å². The lowest BCUT2D eigenvalue weighted by molar-refractivity contribution is -0.396. The van der Waals surface area contributed by atoms with Crippen molar-refractivity contribution in [1.82, 2.24) is 0 Å². The number of aliphatic hydroxyl groups is 16. The van der Waals surface area contributed by atoms with Crippen LogP contribution in [-0.4, -0.2) is 497 Å². The van der Waals surface area contributed by atoms with Crippen LogP contribution in [0.15, 0.2) is 0 Å². The van der Waals surface area contributed by atoms with Crippen molar-refractivity contribution in [3.63, 3.8) is 0 Å². The highest BCUT2D eigenvalue weighted by molar-refractivity contribution is 8.00. The summed E-state index contributed by atoms with van der Waals surface area (Å²) in [6.45, 7) is 0. The number of carbonyl (C=O) groups is 7. The van der Waals surface area contributed by atoms with Crippen LogP contribution in [0.4, 0.5) is 0 Å². The predicted molar refractivity (Wildman–Crippen MR) is 430 cm³/mol. The Morgan fingerprint density at radius 1 is 0.185 bits per heavy atom. The normalized spacial score (nSPS) is 42.5. The largest absolute Gasteiger partial charge is 0.481 e. The van der Waals surface area contributed by atoms with Crippen LogP contribution in [0, 0.1) is 0 Å². The van der Waals surface area contributed by atoms with Gasteiger partial charge < -0.3 is 193 Å². The molecule has 0 aliphatic carbocycles. The molecule has 0 amide bonds. The van der Waals surface area contributed by atoms with Gasteiger partial charge in [-0.1, -0.05) is 0 Å². The van der Waals surface area contributed by atoms with Gasteiger partial charge in [0.25, 0.3) is 0 Å². The Labute approximate surface area is 741 Å². The lowest BCUT2D eigenvalue weighted by Crippen LogP contribution is -2.69. The van der Waals surface area contributed by atoms with E-state index in [-0.39, 0.29) is 86.3 Å². The first-order valence-corrected chi connectivity index (χ1v) is 48.8. The first-order valence-electron chi connectivity index (χ1n) is 39.3. The van der Waals surface area contributed by atoms with Gasteiger partial charge in [0.05, 0.1) is 93.8 Å². The van der Waals surface area contributed by atoms with E-state index in [9.17, 15) is 151 Å². The lowest BCUT2D eigenvalue weighted by atomic mass is 9.95. The number of aliphatic hydroxyl groups excluding tert-OH is 16. The fourth-order valence-electron chi connectivity index (χ4n) is 14.5. The standard InChI is InChI=1S/C70H110O46S8/c1-117-16-24-55-39(85)47(93)63(101-24)110-56-25(17-118-9-2-32(71)72)103-65(49(95)41(56)87)112-58-27(19-120-11-4-34(75)76)105-67(51(97)43(58)89)114-60-29(21-122-13-6-36(79)80)107-69(53(99)45(60)91)116-62-31(23-124-15-8-38(83)84)108-70(54(100)46(62)92)115-61-30(22-123-14-7-37(81)82)106-68(52(98)44(61)90)113-59-28(20-121-12-5-35(77)78)104-66(50(96)42(59)88)111-57-26(18-119-10-3-33(73)74)102-64(109-55)48(94)40(57)86/h24-31,39-70,85-100H,2-23H2,1H3,(H,71,72)(H,73,74)(H,75,76)(H,77,78)(H,79,80)(H,81,82)(H,83,84)/t24-,25-,26-,27-,28-,29-,30-,31-,39-,40-,41-,42?,43?,44-,45-,46-,47-,48-,49-,50-,51-,52-,53-,54-,55-,56-,57-,58-,59-,60-,61-,62-,63-,64-,65-,66-,67-,68-,69?,70-/m1/s1. The average Bonchev–Trinajstić information content (AvgIpc) is 0.772. The van der Waals surface area contributed by atoms with Gasteiger partial charge in [0.1, 0.15) is 146 Å². The first-order chi connectivity index (χ1) is 58.9. The second kappa shape index (κ2) is 50.8. The molecule has 30 aliphatic rings. The van der Waals surface area contributed by atoms with Crippen LogP contribution in [0.1, 0.15) is 44.9 Å². The first kappa shape index (κ1) is 106. The van der Waals surface area contributed by atoms with E-state index >= 15 is 0 Å². The van der Waals surface area contributed by atoms with Gasteiger partial charge in [-0.15, -0.1) is 0 Å². The van der Waals surface area contributed by atoms with E-state index in [4.69, 9.17) is 75.8 Å². The molecule has 3 unspecified atom stereocenters. The molecule has 0 radical (unpaired) electrons. The van der Waals surface area contributed by atoms with Gasteiger partial charge in [-0.3, -0.25) is 33.6 Å². The Kier molecular flexibility index (Phi) is 43.2. The average molecular weight is 1940 g/mol. The second-order valence-corrected chi connectivity index (χ2v) is 38.9. The third kappa shape index (κ3) is 28.9. The Bertz CT molecular complexity index is 3190. The topological polar surface area (TPSA) is 732 Å². The molecule has 714 valence electrons. The minimum Gasteiger partial charge on any atom is -0.481 e. The number of carboxylic acids is 7. The fourth-order valence-corrected chi connectivity index (χ4v) is 22.0. The minimum absolute atomic E-state index is 0.117. The lowest BCUT2D eigenvalue weighted by Gasteiger charge is -2.51. The van der Waals surface area contributed by atoms with Gasteiger partial charge in [0.2, 0.25) is 0 Å². The van der Waals surface area contributed by atoms with Crippen molar-refractivity contribution >= 4 is 136 Å². The van der Waals surface area contributed by atoms with Gasteiger partial charge in [-0.25, -0.2) is 0 Å². The van der Waals surface area contributed by atoms with E-state index in [1.807, 2.05) is 0 Å². The Morgan fingerprint density at radius 3 is 0.403 bits per heavy atom. The van der Waals surface area contributed by atoms with Crippen molar-refractivity contribution in [3.8, 4) is 0 Å². The smallest absolute Gasteiger partial charge is 0.304 e. The van der Waals surface area contributed by atoms with Crippen molar-refractivity contribution in [2.75, 3.05) is 92.5 Å². The maximum atomic E-state index is 12.3. The molecule has 0 spiro atoms. The summed E-state index contributed by atoms with van der Waals surface area (Å²) in [6, 6.07) is 0. The number of ether oxygens (including phenoxy) is 16. The van der Waals surface area contributed by atoms with Crippen LogP contribution in [-0.2, 0) is 109 Å². The SMILES string of the molecule is CSC[C@H]1O[C@@H]2O[C@H]3[C@H](O)[C@@H](O)[C@H](O[C@@H]3CSCCC(=O)O)O[C@H]3C(O)[C@@H](O)[C@@H](O[C@H]4[C@H](O)[C@@H](O)C(O[C@H]5[C@H](O)[C@@H](O)[C@@H](O[C@H]6[C@H](O)[C@@H](O)[C@H](O[C@@H]6CSCCC(=O)O)O[C@H]6C(O)[C@@H](O)[C@@H](O[C@H]7[C@H](O)[C@@H](O)[C@@H](O[C@H]1[C@H](O)[C@H]2O)O[C@@H]7CSCCC(=O)O)O[C@@H]6CSCCC(=O)O)O[C@@H]5CSCCC(=O)O)O[C@@H]4CSCCC(=O)O)O[C@@H]3CSCCC(=O)O. The zero-order chi connectivity index (χ0) is 90.7. The summed E-state index contributed by atoms with van der Waals surface area (Å²) < 4.78 is 100. The van der Waals surface area contributed by atoms with Gasteiger partial charge in [-0.2, -0.15) is 94.1 Å². The Hall–Kier alpha value is -2.19. The summed E-state index contributed by atoms with van der Waals surface area (Å²) in [5, 5.41) is 262. The molecule has 30 rings (SSSR count). The zero-order valence-corrected chi connectivity index (χ0v) is 72.6. The van der Waals surface area contributed by atoms with Crippen molar-refractivity contribution in [2.24, 2.45) is 0 Å². The fraction of sp³-hybridized carbons (Fsp3) is 0.900. The van der Waals surface area contributed by atoms with Crippen molar-refractivity contribution in [2.45, 2.75) is 291 Å². The number of rotatable bonds is 37. The predicted octanol–water partition coefficient (Wildman–Crippen LogP) is -7.53. The molecular weight excluding hydrogens is 1830 g/mol. The van der Waals surface area contributed by atoms with E-state index in [2.05, 4.69) is 0 Å². The minimum atomic E-state index is -2.31. The number of hydrogen-bond acceptors (Lipinski definition) is 47. The van der Waals surface area contributed by atoms with Crippen LogP contribution in [0.25, 0.3) is 0 Å². The molecule has 0 aromatic rings. The van der Waals surface area contributed by atoms with Crippen molar-refractivity contribution in [1.29, 1.82) is 0 Å². The summed E-state index contributed by atoms with van der Waals surface area (Å²) in [5.41, 5.74) is 0. The van der Waals surface area contributed by atoms with Crippen LogP contribution in [0.3, 0.4) is 0 Å². The maximum absolute atomic E-state index is 12.3. The third-order valence-electron chi connectivity index (χ3n) is 21.0. The van der Waals surface area contributed by atoms with E-state index in [0.29, 0.717) is 0 Å². The van der Waals surface area contributed by atoms with Gasteiger partial charge in [0.15, 0.2) is 50.3 Å². The molecule has 30 fully saturated rings. The molecule has 30 saturated heterocycles. The second-order valence-electron chi connectivity index (χ2n) is 30.0. The molecule has 54 heteroatoms. The molecule has 16 bridgehead atoms. The molecular formula is C70H110O46S8. The molecule has 46 nitrogen and oxygen atoms in total. The van der Waals surface area contributed by atoms with Crippen molar-refractivity contribution < 1.29 is 227 Å². The molecule has 0 saturated carbocycles. The summed E-state index contributed by atoms with van der Waals surface area (Å²) in [5.74, 6) is -12.2. The number of aliphatic carboxylic acids is 7. The Balaban J connectivity index is 1.10. The van der Waals surface area contributed by atoms with Gasteiger partial charge in [-0.05, 0) is 6.26 Å². The summed E-state index contributed by atoms with van der Waals surface area (Å²) in [7, 11) is 0. The zero-order valence-electron chi connectivity index (χ0n) is 66.1. The van der Waals surface area contributed by atoms with Gasteiger partial charge >= 0.3 is 41.8 Å². The van der Waals surface area contributed by atoms with Crippen LogP contribution in [0.5, 0.6) is 0 Å². The molecule has 0 aromatic carbocycles. The van der Waals surface area contributed by atoms with Crippen LogP contribution in [0.2, 0.25) is 0 Å². The highest BCUT2D eigenvalue weighted by atomic mass is 32.2. The van der Waals surface area contributed by atoms with E-state index in [1.54, 1.807) is 6.26 Å². The molecule has 30 aliphatic heterocycles. The third-order valence-corrected chi connectivity index (χ3v) is 29.0. The van der Waals surface area contributed by atoms with E-state index in [1.165, 1.54) is 0 Å².